The molecule has 1 heterocycles. The first kappa shape index (κ1) is 19.4. The van der Waals surface area contributed by atoms with Gasteiger partial charge in [0.1, 0.15) is 0 Å². The van der Waals surface area contributed by atoms with E-state index in [1.54, 1.807) is 0 Å². The molecule has 0 aliphatic carbocycles. The molecule has 4 atom stereocenters. The minimum absolute atomic E-state index is 0. The van der Waals surface area contributed by atoms with E-state index in [0.717, 1.165) is 0 Å². The SMILES string of the molecule is C.C.CC(C(=O)O)C(C(=O)O)C1C(=O)OC(=O)C1C. The maximum atomic E-state index is 11.4. The second kappa shape index (κ2) is 6.86. The quantitative estimate of drug-likeness (QED) is 0.581. The van der Waals surface area contributed by atoms with Gasteiger partial charge in [-0.05, 0) is 0 Å². The van der Waals surface area contributed by atoms with Crippen LogP contribution in [0, 0.1) is 23.7 Å². The molecular weight excluding hydrogens is 256 g/mol. The average Bonchev–Trinajstić information content (AvgIpc) is 2.44. The summed E-state index contributed by atoms with van der Waals surface area (Å²) in [5, 5.41) is 17.8. The Labute approximate surface area is 111 Å². The molecule has 0 aromatic carbocycles. The zero-order valence-electron chi connectivity index (χ0n) is 9.25. The highest BCUT2D eigenvalue weighted by Gasteiger charge is 2.51. The molecule has 110 valence electrons. The number of hydrogen-bond donors (Lipinski definition) is 2. The fraction of sp³-hybridized carbons (Fsp3) is 0.667. The van der Waals surface area contributed by atoms with Crippen molar-refractivity contribution in [3.8, 4) is 0 Å². The first-order valence-corrected chi connectivity index (χ1v) is 4.98. The fourth-order valence-corrected chi connectivity index (χ4v) is 1.90. The molecule has 0 spiro atoms. The van der Waals surface area contributed by atoms with Gasteiger partial charge in [0, 0.05) is 0 Å². The van der Waals surface area contributed by atoms with Crippen molar-refractivity contribution in [3.05, 3.63) is 0 Å². The lowest BCUT2D eigenvalue weighted by Gasteiger charge is -2.21. The molecule has 1 rings (SSSR count). The van der Waals surface area contributed by atoms with Gasteiger partial charge in [0.05, 0.1) is 23.7 Å². The Bertz CT molecular complexity index is 388. The molecule has 7 heteroatoms. The zero-order chi connectivity index (χ0) is 13.3. The summed E-state index contributed by atoms with van der Waals surface area (Å²) >= 11 is 0. The van der Waals surface area contributed by atoms with Crippen molar-refractivity contribution in [2.45, 2.75) is 28.7 Å². The van der Waals surface area contributed by atoms with Crippen LogP contribution < -0.4 is 0 Å². The molecule has 0 bridgehead atoms. The number of carbonyl (C=O) groups is 4. The van der Waals surface area contributed by atoms with E-state index in [2.05, 4.69) is 4.74 Å². The monoisotopic (exact) mass is 276 g/mol. The highest BCUT2D eigenvalue weighted by Crippen LogP contribution is 2.34. The smallest absolute Gasteiger partial charge is 0.318 e. The average molecular weight is 276 g/mol. The van der Waals surface area contributed by atoms with Gasteiger partial charge in [-0.3, -0.25) is 19.2 Å². The second-order valence-electron chi connectivity index (χ2n) is 4.05. The maximum absolute atomic E-state index is 11.4. The van der Waals surface area contributed by atoms with Crippen LogP contribution in [-0.2, 0) is 23.9 Å². The third-order valence-electron chi connectivity index (χ3n) is 2.98. The molecular formula is C12H20O7. The van der Waals surface area contributed by atoms with Gasteiger partial charge in [-0.25, -0.2) is 0 Å². The predicted molar refractivity (Wildman–Crippen MR) is 65.1 cm³/mol. The maximum Gasteiger partial charge on any atom is 0.318 e. The zero-order valence-corrected chi connectivity index (χ0v) is 9.25. The second-order valence-corrected chi connectivity index (χ2v) is 4.05. The highest BCUT2D eigenvalue weighted by atomic mass is 16.6. The van der Waals surface area contributed by atoms with Crippen molar-refractivity contribution in [1.29, 1.82) is 0 Å². The van der Waals surface area contributed by atoms with Crippen molar-refractivity contribution in [1.82, 2.24) is 0 Å². The number of carboxylic acids is 2. The van der Waals surface area contributed by atoms with Gasteiger partial charge >= 0.3 is 23.9 Å². The van der Waals surface area contributed by atoms with Crippen LogP contribution in [0.25, 0.3) is 0 Å². The normalized spacial score (nSPS) is 24.5. The number of carbonyl (C=O) groups excluding carboxylic acids is 2. The molecule has 1 saturated heterocycles. The van der Waals surface area contributed by atoms with Crippen LogP contribution in [0.3, 0.4) is 0 Å². The Balaban J connectivity index is 0. The lowest BCUT2D eigenvalue weighted by atomic mass is 9.77. The van der Waals surface area contributed by atoms with Gasteiger partial charge in [0.2, 0.25) is 0 Å². The molecule has 0 radical (unpaired) electrons. The van der Waals surface area contributed by atoms with E-state index in [4.69, 9.17) is 10.2 Å². The summed E-state index contributed by atoms with van der Waals surface area (Å²) in [5.41, 5.74) is 0. The summed E-state index contributed by atoms with van der Waals surface area (Å²) in [7, 11) is 0. The Morgan fingerprint density at radius 3 is 1.84 bits per heavy atom. The van der Waals surface area contributed by atoms with Crippen molar-refractivity contribution in [3.63, 3.8) is 0 Å². The number of aliphatic carboxylic acids is 2. The van der Waals surface area contributed by atoms with Crippen molar-refractivity contribution in [2.24, 2.45) is 23.7 Å². The fourth-order valence-electron chi connectivity index (χ4n) is 1.90. The van der Waals surface area contributed by atoms with Gasteiger partial charge in [0.15, 0.2) is 0 Å². The Morgan fingerprint density at radius 2 is 1.58 bits per heavy atom. The molecule has 19 heavy (non-hydrogen) atoms. The minimum Gasteiger partial charge on any atom is -0.481 e. The number of esters is 2. The van der Waals surface area contributed by atoms with Crippen LogP contribution in [0.5, 0.6) is 0 Å². The molecule has 7 nitrogen and oxygen atoms in total. The van der Waals surface area contributed by atoms with Crippen LogP contribution in [-0.4, -0.2) is 34.1 Å². The molecule has 1 aliphatic heterocycles. The first-order chi connectivity index (χ1) is 7.77. The van der Waals surface area contributed by atoms with Crippen LogP contribution in [0.1, 0.15) is 28.7 Å². The molecule has 0 aromatic heterocycles. The van der Waals surface area contributed by atoms with Crippen molar-refractivity contribution >= 4 is 23.9 Å². The highest BCUT2D eigenvalue weighted by molar-refractivity contribution is 5.99. The number of rotatable bonds is 4. The Morgan fingerprint density at radius 1 is 1.11 bits per heavy atom. The lowest BCUT2D eigenvalue weighted by Crippen LogP contribution is -2.38. The van der Waals surface area contributed by atoms with Gasteiger partial charge < -0.3 is 14.9 Å². The topological polar surface area (TPSA) is 118 Å². The number of hydrogen-bond acceptors (Lipinski definition) is 5. The molecule has 1 fully saturated rings. The van der Waals surface area contributed by atoms with E-state index in [1.165, 1.54) is 13.8 Å². The first-order valence-electron chi connectivity index (χ1n) is 4.98. The van der Waals surface area contributed by atoms with Gasteiger partial charge in [-0.15, -0.1) is 0 Å². The molecule has 1 aliphatic rings. The summed E-state index contributed by atoms with van der Waals surface area (Å²) in [6, 6.07) is 0. The van der Waals surface area contributed by atoms with Crippen molar-refractivity contribution < 1.29 is 34.1 Å². The van der Waals surface area contributed by atoms with E-state index in [1.807, 2.05) is 0 Å². The summed E-state index contributed by atoms with van der Waals surface area (Å²) in [6.07, 6.45) is 0. The minimum atomic E-state index is -1.47. The molecule has 4 unspecified atom stereocenters. The van der Waals surface area contributed by atoms with E-state index in [-0.39, 0.29) is 14.9 Å². The molecule has 0 saturated carbocycles. The standard InChI is InChI=1S/C10H12O7.2CH4/c1-3(7(11)12)5(8(13)14)6-4(2)9(15)17-10(6)16;;/h3-6H,1-2H3,(H,11,12)(H,13,14);2*1H4. The number of cyclic esters (lactones) is 2. The largest absolute Gasteiger partial charge is 0.481 e. The van der Waals surface area contributed by atoms with Gasteiger partial charge in [-0.2, -0.15) is 0 Å². The van der Waals surface area contributed by atoms with E-state index >= 15 is 0 Å². The van der Waals surface area contributed by atoms with E-state index in [9.17, 15) is 19.2 Å². The number of carboxylic acid groups (broad SMARTS) is 2. The summed E-state index contributed by atoms with van der Waals surface area (Å²) in [4.78, 5) is 44.3. The summed E-state index contributed by atoms with van der Waals surface area (Å²) in [5.74, 6) is -9.48. The van der Waals surface area contributed by atoms with Gasteiger partial charge in [0.25, 0.3) is 0 Å². The molecule has 2 N–H and O–H groups in total. The lowest BCUT2D eigenvalue weighted by molar-refractivity contribution is -0.160. The van der Waals surface area contributed by atoms with Crippen LogP contribution in [0.2, 0.25) is 0 Å². The van der Waals surface area contributed by atoms with Crippen LogP contribution in [0.4, 0.5) is 0 Å². The van der Waals surface area contributed by atoms with Crippen LogP contribution in [0.15, 0.2) is 0 Å². The van der Waals surface area contributed by atoms with Gasteiger partial charge in [-0.1, -0.05) is 28.7 Å². The van der Waals surface area contributed by atoms with Crippen LogP contribution >= 0.6 is 0 Å². The third-order valence-corrected chi connectivity index (χ3v) is 2.98. The molecule has 0 amide bonds. The molecule has 0 aromatic rings. The third kappa shape index (κ3) is 3.52. The Hall–Kier alpha value is -1.92. The summed E-state index contributed by atoms with van der Waals surface area (Å²) in [6.45, 7) is 2.53. The van der Waals surface area contributed by atoms with Crippen molar-refractivity contribution in [2.75, 3.05) is 0 Å². The Kier molecular flexibility index (Phi) is 7.02. The predicted octanol–water partition coefficient (Wildman–Crippen LogP) is 1.02. The summed E-state index contributed by atoms with van der Waals surface area (Å²) < 4.78 is 4.31. The van der Waals surface area contributed by atoms with E-state index in [0.29, 0.717) is 0 Å². The van der Waals surface area contributed by atoms with E-state index < -0.39 is 47.5 Å². The number of ether oxygens (including phenoxy) is 1.